The maximum atomic E-state index is 5.61. The molecule has 21 heavy (non-hydrogen) atoms. The van der Waals surface area contributed by atoms with Gasteiger partial charge in [-0.15, -0.1) is 0 Å². The number of fused-ring (bicyclic) bond motifs is 1. The van der Waals surface area contributed by atoms with Crippen molar-refractivity contribution >= 4 is 22.8 Å². The Morgan fingerprint density at radius 2 is 2.00 bits per heavy atom. The van der Waals surface area contributed by atoms with Crippen molar-refractivity contribution in [3.05, 3.63) is 53.1 Å². The number of nitrogens with one attached hydrogen (secondary N) is 1. The molecule has 3 nitrogen and oxygen atoms in total. The summed E-state index contributed by atoms with van der Waals surface area (Å²) < 4.78 is 0. The highest BCUT2D eigenvalue weighted by molar-refractivity contribution is 7.99. The van der Waals surface area contributed by atoms with Gasteiger partial charge in [-0.1, -0.05) is 30.0 Å². The van der Waals surface area contributed by atoms with Gasteiger partial charge in [0, 0.05) is 4.90 Å². The van der Waals surface area contributed by atoms with Crippen molar-refractivity contribution in [2.24, 2.45) is 5.73 Å². The predicted molar refractivity (Wildman–Crippen MR) is 88.9 cm³/mol. The van der Waals surface area contributed by atoms with Crippen molar-refractivity contribution in [2.75, 3.05) is 6.54 Å². The molecule has 0 saturated carbocycles. The number of hydrogen-bond donors (Lipinski definition) is 2. The molecule has 3 N–H and O–H groups in total. The van der Waals surface area contributed by atoms with Crippen LogP contribution in [-0.4, -0.2) is 16.5 Å². The lowest BCUT2D eigenvalue weighted by Gasteiger charge is -2.06. The Hall–Kier alpha value is -1.78. The monoisotopic (exact) mass is 297 g/mol. The summed E-state index contributed by atoms with van der Waals surface area (Å²) in [4.78, 5) is 9.25. The highest BCUT2D eigenvalue weighted by atomic mass is 32.2. The fourth-order valence-electron chi connectivity index (χ4n) is 2.40. The smallest absolute Gasteiger partial charge is 0.171 e. The van der Waals surface area contributed by atoms with Crippen molar-refractivity contribution in [3.8, 4) is 0 Å². The van der Waals surface area contributed by atoms with Crippen LogP contribution in [0.2, 0.25) is 0 Å². The molecular formula is C17H19N3S. The molecule has 1 heterocycles. The number of hydrogen-bond acceptors (Lipinski definition) is 3. The van der Waals surface area contributed by atoms with Gasteiger partial charge >= 0.3 is 0 Å². The zero-order chi connectivity index (χ0) is 14.8. The summed E-state index contributed by atoms with van der Waals surface area (Å²) in [6.45, 7) is 4.91. The molecule has 0 aliphatic heterocycles. The summed E-state index contributed by atoms with van der Waals surface area (Å²) in [6.07, 6.45) is 0.926. The van der Waals surface area contributed by atoms with Crippen LogP contribution < -0.4 is 5.73 Å². The van der Waals surface area contributed by atoms with E-state index in [0.29, 0.717) is 6.54 Å². The van der Waals surface area contributed by atoms with Gasteiger partial charge in [-0.2, -0.15) is 0 Å². The summed E-state index contributed by atoms with van der Waals surface area (Å²) in [6, 6.07) is 12.8. The van der Waals surface area contributed by atoms with Gasteiger partial charge in [-0.3, -0.25) is 0 Å². The number of H-pyrrole nitrogens is 1. The molecule has 0 aliphatic carbocycles. The first kappa shape index (κ1) is 14.2. The second-order valence-corrected chi connectivity index (χ2v) is 6.33. The Labute approximate surface area is 129 Å². The van der Waals surface area contributed by atoms with Gasteiger partial charge in [0.1, 0.15) is 0 Å². The van der Waals surface area contributed by atoms with Crippen LogP contribution in [0.15, 0.2) is 46.5 Å². The molecule has 0 radical (unpaired) electrons. The standard InChI is InChI=1S/C17H19N3S/c1-11-3-5-14-15(9-11)20-17(19-14)21-16-6-4-13(7-8-18)10-12(16)2/h3-6,9-10H,7-8,18H2,1-2H3,(H,19,20). The first-order chi connectivity index (χ1) is 10.2. The zero-order valence-electron chi connectivity index (χ0n) is 12.3. The predicted octanol–water partition coefficient (Wildman–Crippen LogP) is 3.83. The summed E-state index contributed by atoms with van der Waals surface area (Å²) in [5.41, 5.74) is 11.5. The van der Waals surface area contributed by atoms with Gasteiger partial charge in [0.15, 0.2) is 5.16 Å². The second-order valence-electron chi connectivity index (χ2n) is 5.30. The maximum Gasteiger partial charge on any atom is 0.171 e. The van der Waals surface area contributed by atoms with Crippen LogP contribution in [0.25, 0.3) is 11.0 Å². The lowest BCUT2D eigenvalue weighted by Crippen LogP contribution is -2.02. The number of nitrogens with zero attached hydrogens (tertiary/aromatic N) is 1. The zero-order valence-corrected chi connectivity index (χ0v) is 13.1. The van der Waals surface area contributed by atoms with Gasteiger partial charge < -0.3 is 10.7 Å². The molecule has 0 aliphatic rings. The minimum absolute atomic E-state index is 0.689. The van der Waals surface area contributed by atoms with Crippen molar-refractivity contribution < 1.29 is 0 Å². The first-order valence-corrected chi connectivity index (χ1v) is 7.91. The highest BCUT2D eigenvalue weighted by Gasteiger charge is 2.07. The Kier molecular flexibility index (Phi) is 3.99. The van der Waals surface area contributed by atoms with E-state index in [9.17, 15) is 0 Å². The van der Waals surface area contributed by atoms with E-state index in [-0.39, 0.29) is 0 Å². The van der Waals surface area contributed by atoms with E-state index < -0.39 is 0 Å². The first-order valence-electron chi connectivity index (χ1n) is 7.09. The number of imidazole rings is 1. The highest BCUT2D eigenvalue weighted by Crippen LogP contribution is 2.30. The number of aromatic nitrogens is 2. The molecule has 0 fully saturated rings. The van der Waals surface area contributed by atoms with Crippen molar-refractivity contribution in [2.45, 2.75) is 30.3 Å². The van der Waals surface area contributed by atoms with Crippen LogP contribution in [0.5, 0.6) is 0 Å². The molecule has 0 bridgehead atoms. The number of aromatic amines is 1. The fourth-order valence-corrected chi connectivity index (χ4v) is 3.27. The van der Waals surface area contributed by atoms with E-state index in [1.165, 1.54) is 21.6 Å². The molecule has 4 heteroatoms. The summed E-state index contributed by atoms with van der Waals surface area (Å²) in [5.74, 6) is 0. The average Bonchev–Trinajstić information content (AvgIpc) is 2.83. The topological polar surface area (TPSA) is 54.7 Å². The fraction of sp³-hybridized carbons (Fsp3) is 0.235. The maximum absolute atomic E-state index is 5.61. The van der Waals surface area contributed by atoms with E-state index in [2.05, 4.69) is 60.2 Å². The van der Waals surface area contributed by atoms with E-state index in [4.69, 9.17) is 5.73 Å². The Morgan fingerprint density at radius 3 is 2.76 bits per heavy atom. The van der Waals surface area contributed by atoms with Crippen molar-refractivity contribution in [1.29, 1.82) is 0 Å². The minimum atomic E-state index is 0.689. The molecule has 0 unspecified atom stereocenters. The lowest BCUT2D eigenvalue weighted by atomic mass is 10.1. The average molecular weight is 297 g/mol. The number of nitrogens with two attached hydrogens (primary N) is 1. The summed E-state index contributed by atoms with van der Waals surface area (Å²) in [5, 5.41) is 0.935. The normalized spacial score (nSPS) is 11.2. The van der Waals surface area contributed by atoms with Gasteiger partial charge in [-0.25, -0.2) is 4.98 Å². The van der Waals surface area contributed by atoms with E-state index >= 15 is 0 Å². The Bertz CT molecular complexity index is 777. The molecule has 3 rings (SSSR count). The second kappa shape index (κ2) is 5.92. The third-order valence-electron chi connectivity index (χ3n) is 3.49. The summed E-state index contributed by atoms with van der Waals surface area (Å²) in [7, 11) is 0. The largest absolute Gasteiger partial charge is 0.333 e. The van der Waals surface area contributed by atoms with Crippen LogP contribution >= 0.6 is 11.8 Å². The number of benzene rings is 2. The van der Waals surface area contributed by atoms with Crippen LogP contribution in [0.3, 0.4) is 0 Å². The number of rotatable bonds is 4. The number of aryl methyl sites for hydroxylation is 2. The van der Waals surface area contributed by atoms with Gasteiger partial charge in [-0.05, 0) is 61.7 Å². The molecule has 0 amide bonds. The van der Waals surface area contributed by atoms with Gasteiger partial charge in [0.2, 0.25) is 0 Å². The van der Waals surface area contributed by atoms with Crippen LogP contribution in [-0.2, 0) is 6.42 Å². The Morgan fingerprint density at radius 1 is 1.14 bits per heavy atom. The van der Waals surface area contributed by atoms with Crippen molar-refractivity contribution in [1.82, 2.24) is 9.97 Å². The molecule has 0 atom stereocenters. The quantitative estimate of drug-likeness (QED) is 0.769. The van der Waals surface area contributed by atoms with Crippen LogP contribution in [0.1, 0.15) is 16.7 Å². The molecule has 108 valence electrons. The third-order valence-corrected chi connectivity index (χ3v) is 4.56. The van der Waals surface area contributed by atoms with Crippen LogP contribution in [0.4, 0.5) is 0 Å². The van der Waals surface area contributed by atoms with Crippen molar-refractivity contribution in [3.63, 3.8) is 0 Å². The molecular weight excluding hydrogens is 278 g/mol. The molecule has 1 aromatic heterocycles. The van der Waals surface area contributed by atoms with Gasteiger partial charge in [0.05, 0.1) is 11.0 Å². The van der Waals surface area contributed by atoms with E-state index in [1.807, 2.05) is 0 Å². The molecule has 2 aromatic carbocycles. The molecule has 0 saturated heterocycles. The minimum Gasteiger partial charge on any atom is -0.333 e. The van der Waals surface area contributed by atoms with E-state index in [0.717, 1.165) is 22.6 Å². The van der Waals surface area contributed by atoms with Gasteiger partial charge in [0.25, 0.3) is 0 Å². The van der Waals surface area contributed by atoms with Crippen LogP contribution in [0, 0.1) is 13.8 Å². The lowest BCUT2D eigenvalue weighted by molar-refractivity contribution is 0.962. The third kappa shape index (κ3) is 3.12. The summed E-state index contributed by atoms with van der Waals surface area (Å²) >= 11 is 1.67. The molecule has 3 aromatic rings. The SMILES string of the molecule is Cc1ccc2nc(Sc3ccc(CCN)cc3C)[nH]c2c1. The molecule has 0 spiro atoms. The van der Waals surface area contributed by atoms with E-state index in [1.54, 1.807) is 11.8 Å². The Balaban J connectivity index is 1.87.